The third-order valence-electron chi connectivity index (χ3n) is 4.21. The van der Waals surface area contributed by atoms with Gasteiger partial charge in [-0.25, -0.2) is 19.8 Å². The fourth-order valence-corrected chi connectivity index (χ4v) is 2.95. The van der Waals surface area contributed by atoms with Gasteiger partial charge in [-0.1, -0.05) is 60.1 Å². The summed E-state index contributed by atoms with van der Waals surface area (Å²) >= 11 is 6.15. The molecule has 0 unspecified atom stereocenters. The number of halogens is 2. The Labute approximate surface area is 172 Å². The summed E-state index contributed by atoms with van der Waals surface area (Å²) in [4.78, 5) is 9.08. The lowest BCUT2D eigenvalue weighted by atomic mass is 10.1. The number of nitrogens with zero attached hydrogens (tertiary/aromatic N) is 3. The molecule has 0 aliphatic carbocycles. The van der Waals surface area contributed by atoms with Gasteiger partial charge in [0.1, 0.15) is 5.82 Å². The molecule has 0 bridgehead atoms. The maximum atomic E-state index is 13.3. The predicted molar refractivity (Wildman–Crippen MR) is 116 cm³/mol. The molecule has 6 heteroatoms. The highest BCUT2D eigenvalue weighted by atomic mass is 35.5. The Balaban J connectivity index is 1.69. The fourth-order valence-electron chi connectivity index (χ4n) is 2.76. The van der Waals surface area contributed by atoms with Gasteiger partial charge in [-0.15, -0.1) is 0 Å². The van der Waals surface area contributed by atoms with Crippen molar-refractivity contribution in [2.75, 3.05) is 5.43 Å². The van der Waals surface area contributed by atoms with Crippen LogP contribution in [0.5, 0.6) is 0 Å². The zero-order valence-corrected chi connectivity index (χ0v) is 16.0. The summed E-state index contributed by atoms with van der Waals surface area (Å²) in [6.07, 6.45) is 1.61. The monoisotopic (exact) mass is 402 g/mol. The predicted octanol–water partition coefficient (Wildman–Crippen LogP) is 6.05. The quantitative estimate of drug-likeness (QED) is 0.326. The van der Waals surface area contributed by atoms with Crippen LogP contribution < -0.4 is 5.43 Å². The molecule has 1 aromatic heterocycles. The third kappa shape index (κ3) is 4.65. The van der Waals surface area contributed by atoms with E-state index in [1.807, 2.05) is 54.6 Å². The molecule has 0 atom stereocenters. The van der Waals surface area contributed by atoms with E-state index in [0.29, 0.717) is 16.7 Å². The first kappa shape index (κ1) is 18.8. The van der Waals surface area contributed by atoms with Gasteiger partial charge in [-0.3, -0.25) is 0 Å². The normalized spacial score (nSPS) is 11.0. The summed E-state index contributed by atoms with van der Waals surface area (Å²) in [7, 11) is 0. The summed E-state index contributed by atoms with van der Waals surface area (Å²) in [5.74, 6) is 0.0303. The highest BCUT2D eigenvalue weighted by molar-refractivity contribution is 6.33. The number of aromatic nitrogens is 2. The summed E-state index contributed by atoms with van der Waals surface area (Å²) in [6.45, 7) is 0. The number of anilines is 1. The number of nitrogens with one attached hydrogen (secondary N) is 1. The average molecular weight is 403 g/mol. The van der Waals surface area contributed by atoms with E-state index >= 15 is 0 Å². The van der Waals surface area contributed by atoms with Crippen molar-refractivity contribution in [3.63, 3.8) is 0 Å². The highest BCUT2D eigenvalue weighted by Gasteiger charge is 2.08. The SMILES string of the molecule is Fc1ccc(-c2cc(-c3ccccc3)nc(N/N=C/c3ccccc3Cl)n2)cc1. The van der Waals surface area contributed by atoms with Crippen molar-refractivity contribution in [1.29, 1.82) is 0 Å². The van der Waals surface area contributed by atoms with Crippen molar-refractivity contribution < 1.29 is 4.39 Å². The lowest BCUT2D eigenvalue weighted by molar-refractivity contribution is 0.628. The number of hydrogen-bond donors (Lipinski definition) is 1. The first-order chi connectivity index (χ1) is 14.2. The fraction of sp³-hybridized carbons (Fsp3) is 0. The Morgan fingerprint density at radius 1 is 0.793 bits per heavy atom. The van der Waals surface area contributed by atoms with Gasteiger partial charge < -0.3 is 0 Å². The highest BCUT2D eigenvalue weighted by Crippen LogP contribution is 2.25. The van der Waals surface area contributed by atoms with E-state index in [0.717, 1.165) is 22.4 Å². The molecule has 3 aromatic carbocycles. The Morgan fingerprint density at radius 2 is 1.41 bits per heavy atom. The van der Waals surface area contributed by atoms with Crippen LogP contribution >= 0.6 is 11.6 Å². The van der Waals surface area contributed by atoms with Crippen molar-refractivity contribution in [2.24, 2.45) is 5.10 Å². The molecule has 0 saturated carbocycles. The van der Waals surface area contributed by atoms with Crippen molar-refractivity contribution in [3.8, 4) is 22.5 Å². The standard InChI is InChI=1S/C23H16ClFN4/c24-20-9-5-4-8-18(20)15-26-29-23-27-21(16-6-2-1-3-7-16)14-22(28-23)17-10-12-19(25)13-11-17/h1-15H,(H,27,28,29)/b26-15+. The zero-order chi connectivity index (χ0) is 20.1. The lowest BCUT2D eigenvalue weighted by Crippen LogP contribution is -2.00. The molecular weight excluding hydrogens is 387 g/mol. The van der Waals surface area contributed by atoms with Crippen molar-refractivity contribution >= 4 is 23.8 Å². The van der Waals surface area contributed by atoms with Gasteiger partial charge >= 0.3 is 0 Å². The molecule has 0 aliphatic heterocycles. The van der Waals surface area contributed by atoms with Gasteiger partial charge in [0, 0.05) is 21.7 Å². The van der Waals surface area contributed by atoms with E-state index in [1.54, 1.807) is 24.4 Å². The Kier molecular flexibility index (Phi) is 5.59. The molecule has 4 nitrogen and oxygen atoms in total. The maximum absolute atomic E-state index is 13.3. The number of hydrogen-bond acceptors (Lipinski definition) is 4. The van der Waals surface area contributed by atoms with Crippen molar-refractivity contribution in [2.45, 2.75) is 0 Å². The van der Waals surface area contributed by atoms with Crippen LogP contribution in [0.15, 0.2) is 90.0 Å². The number of hydrazone groups is 1. The lowest BCUT2D eigenvalue weighted by Gasteiger charge is -2.08. The van der Waals surface area contributed by atoms with Crippen LogP contribution in [0.1, 0.15) is 5.56 Å². The molecular formula is C23H16ClFN4. The van der Waals surface area contributed by atoms with Crippen molar-refractivity contribution in [3.05, 3.63) is 101 Å². The van der Waals surface area contributed by atoms with Gasteiger partial charge in [0.25, 0.3) is 0 Å². The van der Waals surface area contributed by atoms with E-state index in [-0.39, 0.29) is 5.82 Å². The molecule has 4 rings (SSSR count). The minimum Gasteiger partial charge on any atom is -0.245 e. The smallest absolute Gasteiger partial charge is 0.244 e. The van der Waals surface area contributed by atoms with Gasteiger partial charge in [-0.05, 0) is 36.4 Å². The van der Waals surface area contributed by atoms with Crippen LogP contribution in [0.25, 0.3) is 22.5 Å². The van der Waals surface area contributed by atoms with Crippen LogP contribution in [0.3, 0.4) is 0 Å². The van der Waals surface area contributed by atoms with Crippen LogP contribution in [-0.4, -0.2) is 16.2 Å². The molecule has 29 heavy (non-hydrogen) atoms. The molecule has 1 heterocycles. The molecule has 0 fully saturated rings. The summed E-state index contributed by atoms with van der Waals surface area (Å²) < 4.78 is 13.3. The Bertz CT molecular complexity index is 1150. The summed E-state index contributed by atoms with van der Waals surface area (Å²) in [6, 6.07) is 25.2. The molecule has 0 aliphatic rings. The van der Waals surface area contributed by atoms with Crippen LogP contribution in [0.2, 0.25) is 5.02 Å². The van der Waals surface area contributed by atoms with Crippen molar-refractivity contribution in [1.82, 2.24) is 9.97 Å². The minimum absolute atomic E-state index is 0.297. The van der Waals surface area contributed by atoms with Gasteiger partial charge in [0.05, 0.1) is 17.6 Å². The van der Waals surface area contributed by atoms with E-state index in [2.05, 4.69) is 20.5 Å². The zero-order valence-electron chi connectivity index (χ0n) is 15.3. The molecule has 1 N–H and O–H groups in total. The molecule has 0 radical (unpaired) electrons. The first-order valence-electron chi connectivity index (χ1n) is 8.93. The topological polar surface area (TPSA) is 50.2 Å². The minimum atomic E-state index is -0.297. The summed E-state index contributed by atoms with van der Waals surface area (Å²) in [5.41, 5.74) is 6.76. The molecule has 4 aromatic rings. The van der Waals surface area contributed by atoms with Gasteiger partial charge in [0.2, 0.25) is 5.95 Å². The molecule has 0 amide bonds. The van der Waals surface area contributed by atoms with Crippen LogP contribution in [-0.2, 0) is 0 Å². The van der Waals surface area contributed by atoms with E-state index in [4.69, 9.17) is 11.6 Å². The van der Waals surface area contributed by atoms with E-state index < -0.39 is 0 Å². The number of rotatable bonds is 5. The Morgan fingerprint density at radius 3 is 2.10 bits per heavy atom. The van der Waals surface area contributed by atoms with Gasteiger partial charge in [-0.2, -0.15) is 5.10 Å². The molecule has 0 spiro atoms. The average Bonchev–Trinajstić information content (AvgIpc) is 2.76. The molecule has 142 valence electrons. The first-order valence-corrected chi connectivity index (χ1v) is 9.31. The second-order valence-corrected chi connectivity index (χ2v) is 6.63. The number of benzene rings is 3. The third-order valence-corrected chi connectivity index (χ3v) is 4.55. The van der Waals surface area contributed by atoms with Crippen LogP contribution in [0.4, 0.5) is 10.3 Å². The summed E-state index contributed by atoms with van der Waals surface area (Å²) in [5, 5.41) is 4.81. The Hall–Kier alpha value is -3.57. The largest absolute Gasteiger partial charge is 0.245 e. The van der Waals surface area contributed by atoms with E-state index in [9.17, 15) is 4.39 Å². The van der Waals surface area contributed by atoms with Gasteiger partial charge in [0.15, 0.2) is 0 Å². The maximum Gasteiger partial charge on any atom is 0.244 e. The second-order valence-electron chi connectivity index (χ2n) is 6.23. The van der Waals surface area contributed by atoms with Crippen LogP contribution in [0, 0.1) is 5.82 Å². The van der Waals surface area contributed by atoms with E-state index in [1.165, 1.54) is 12.1 Å². The second kappa shape index (κ2) is 8.63. The molecule has 0 saturated heterocycles.